The molecular weight excluding hydrogens is 647 g/mol. The van der Waals surface area contributed by atoms with Crippen LogP contribution in [-0.2, 0) is 10.8 Å². The second kappa shape index (κ2) is 10.8. The van der Waals surface area contributed by atoms with Crippen molar-refractivity contribution in [2.75, 3.05) is 4.90 Å². The number of hydrogen-bond donors (Lipinski definition) is 0. The molecule has 8 aromatic carbocycles. The van der Waals surface area contributed by atoms with E-state index < -0.39 is 5.41 Å². The van der Waals surface area contributed by atoms with Crippen LogP contribution in [0.2, 0.25) is 0 Å². The van der Waals surface area contributed by atoms with Gasteiger partial charge < -0.3 is 4.90 Å². The van der Waals surface area contributed by atoms with Crippen molar-refractivity contribution in [2.24, 2.45) is 0 Å². The molecule has 1 aliphatic heterocycles. The second-order valence-corrected chi connectivity index (χ2v) is 15.9. The molecule has 52 heavy (non-hydrogen) atoms. The zero-order valence-corrected chi connectivity index (χ0v) is 29.9. The molecule has 0 atom stereocenters. The maximum Gasteiger partial charge on any atom is 0.0735 e. The van der Waals surface area contributed by atoms with Crippen molar-refractivity contribution < 1.29 is 0 Å². The molecule has 0 bridgehead atoms. The lowest BCUT2D eigenvalue weighted by atomic mass is 9.59. The summed E-state index contributed by atoms with van der Waals surface area (Å²) in [6, 6.07) is 65.9. The van der Waals surface area contributed by atoms with E-state index in [0.717, 1.165) is 5.69 Å². The highest BCUT2D eigenvalue weighted by molar-refractivity contribution is 7.99. The van der Waals surface area contributed by atoms with Crippen molar-refractivity contribution in [3.63, 3.8) is 0 Å². The monoisotopic (exact) mass is 681 g/mol. The van der Waals surface area contributed by atoms with E-state index >= 15 is 0 Å². The van der Waals surface area contributed by atoms with Crippen LogP contribution in [0.1, 0.15) is 47.2 Å². The van der Waals surface area contributed by atoms with E-state index in [4.69, 9.17) is 0 Å². The standard InChI is InChI=1S/C50H35NS/c1-49(2)39-20-8-6-17-34(39)36-28-27-33(31-44(36)49)51(32-15-4-3-5-16-32)45-30-29-37-35-18-7-9-21-40(35)50(43-24-14-19-38(45)48(37)43)41-22-10-12-25-46(41)52-47-26-13-11-23-42(47)50/h3-31H,1-2H3. The summed E-state index contributed by atoms with van der Waals surface area (Å²) in [5.41, 5.74) is 16.4. The summed E-state index contributed by atoms with van der Waals surface area (Å²) in [5, 5.41) is 2.58. The number of anilines is 3. The first-order chi connectivity index (χ1) is 25.6. The Labute approximate surface area is 309 Å². The zero-order chi connectivity index (χ0) is 34.6. The molecule has 11 rings (SSSR count). The lowest BCUT2D eigenvalue weighted by molar-refractivity contribution is 0.660. The minimum Gasteiger partial charge on any atom is -0.310 e. The van der Waals surface area contributed by atoms with Gasteiger partial charge in [-0.15, -0.1) is 0 Å². The minimum atomic E-state index is -0.457. The largest absolute Gasteiger partial charge is 0.310 e. The molecule has 8 aromatic rings. The van der Waals surface area contributed by atoms with E-state index in [-0.39, 0.29) is 5.41 Å². The number of rotatable bonds is 3. The van der Waals surface area contributed by atoms with Gasteiger partial charge in [0.15, 0.2) is 0 Å². The van der Waals surface area contributed by atoms with Gasteiger partial charge in [-0.1, -0.05) is 159 Å². The smallest absolute Gasteiger partial charge is 0.0735 e. The van der Waals surface area contributed by atoms with Crippen molar-refractivity contribution in [3.8, 4) is 22.3 Å². The van der Waals surface area contributed by atoms with E-state index in [9.17, 15) is 0 Å². The Morgan fingerprint density at radius 1 is 0.404 bits per heavy atom. The molecule has 2 heteroatoms. The number of para-hydroxylation sites is 1. The van der Waals surface area contributed by atoms with Gasteiger partial charge in [-0.25, -0.2) is 0 Å². The first kappa shape index (κ1) is 29.9. The fraction of sp³-hybridized carbons (Fsp3) is 0.0800. The Balaban J connectivity index is 1.22. The van der Waals surface area contributed by atoms with E-state index in [2.05, 4.69) is 195 Å². The maximum absolute atomic E-state index is 2.48. The summed E-state index contributed by atoms with van der Waals surface area (Å²) in [6.07, 6.45) is 0. The highest BCUT2D eigenvalue weighted by Crippen LogP contribution is 2.62. The first-order valence-electron chi connectivity index (χ1n) is 18.2. The van der Waals surface area contributed by atoms with Gasteiger partial charge in [-0.05, 0) is 103 Å². The predicted molar refractivity (Wildman–Crippen MR) is 218 cm³/mol. The molecule has 3 aliphatic rings. The highest BCUT2D eigenvalue weighted by atomic mass is 32.2. The third-order valence-electron chi connectivity index (χ3n) is 11.9. The summed E-state index contributed by atoms with van der Waals surface area (Å²) in [5.74, 6) is 0. The Morgan fingerprint density at radius 2 is 0.962 bits per heavy atom. The molecule has 1 heterocycles. The molecule has 0 fully saturated rings. The molecule has 0 amide bonds. The van der Waals surface area contributed by atoms with E-state index in [1.54, 1.807) is 0 Å². The summed E-state index contributed by atoms with van der Waals surface area (Å²) in [6.45, 7) is 4.73. The van der Waals surface area contributed by atoms with E-state index in [1.165, 1.54) is 87.6 Å². The van der Waals surface area contributed by atoms with Crippen LogP contribution in [0.5, 0.6) is 0 Å². The summed E-state index contributed by atoms with van der Waals surface area (Å²) in [4.78, 5) is 5.12. The van der Waals surface area contributed by atoms with Crippen LogP contribution in [0.25, 0.3) is 33.0 Å². The van der Waals surface area contributed by atoms with Gasteiger partial charge >= 0.3 is 0 Å². The van der Waals surface area contributed by atoms with Crippen molar-refractivity contribution in [2.45, 2.75) is 34.5 Å². The van der Waals surface area contributed by atoms with Gasteiger partial charge in [0.05, 0.1) is 11.1 Å². The van der Waals surface area contributed by atoms with Gasteiger partial charge in [0, 0.05) is 32.0 Å². The molecule has 1 spiro atoms. The predicted octanol–water partition coefficient (Wildman–Crippen LogP) is 13.4. The topological polar surface area (TPSA) is 3.24 Å². The molecule has 2 aliphatic carbocycles. The van der Waals surface area contributed by atoms with Gasteiger partial charge in [0.25, 0.3) is 0 Å². The molecule has 0 N–H and O–H groups in total. The second-order valence-electron chi connectivity index (χ2n) is 14.8. The van der Waals surface area contributed by atoms with Crippen molar-refractivity contribution in [1.29, 1.82) is 0 Å². The molecular formula is C50H35NS. The van der Waals surface area contributed by atoms with Crippen molar-refractivity contribution in [1.82, 2.24) is 0 Å². The van der Waals surface area contributed by atoms with Crippen LogP contribution >= 0.6 is 11.8 Å². The van der Waals surface area contributed by atoms with Crippen molar-refractivity contribution >= 4 is 39.6 Å². The summed E-state index contributed by atoms with van der Waals surface area (Å²) < 4.78 is 0. The lowest BCUT2D eigenvalue weighted by Crippen LogP contribution is -2.36. The summed E-state index contributed by atoms with van der Waals surface area (Å²) >= 11 is 1.89. The quantitative estimate of drug-likeness (QED) is 0.183. The SMILES string of the molecule is CC1(C)c2ccccc2-c2ccc(N(c3ccccc3)c3ccc4c5c(cccc35)C3(c5ccccc5Sc5ccccc53)c3ccccc3-4)cc21. The molecule has 1 nitrogen and oxygen atoms in total. The van der Waals surface area contributed by atoms with Crippen LogP contribution in [0.3, 0.4) is 0 Å². The van der Waals surface area contributed by atoms with Crippen LogP contribution in [-0.4, -0.2) is 0 Å². The third kappa shape index (κ3) is 3.85. The zero-order valence-electron chi connectivity index (χ0n) is 29.1. The lowest BCUT2D eigenvalue weighted by Gasteiger charge is -2.46. The van der Waals surface area contributed by atoms with Gasteiger partial charge in [0.2, 0.25) is 0 Å². The molecule has 0 unspecified atom stereocenters. The van der Waals surface area contributed by atoms with Gasteiger partial charge in [-0.3, -0.25) is 0 Å². The van der Waals surface area contributed by atoms with Crippen LogP contribution in [0.4, 0.5) is 17.1 Å². The first-order valence-corrected chi connectivity index (χ1v) is 19.0. The number of fused-ring (bicyclic) bond motifs is 11. The van der Waals surface area contributed by atoms with Gasteiger partial charge in [0.1, 0.15) is 0 Å². The van der Waals surface area contributed by atoms with E-state index in [0.29, 0.717) is 0 Å². The Bertz CT molecular complexity index is 2710. The molecule has 246 valence electrons. The fourth-order valence-corrected chi connectivity index (χ4v) is 10.9. The highest BCUT2D eigenvalue weighted by Gasteiger charge is 2.48. The van der Waals surface area contributed by atoms with Crippen molar-refractivity contribution in [3.05, 3.63) is 209 Å². The Hall–Kier alpha value is -5.83. The average Bonchev–Trinajstić information content (AvgIpc) is 3.43. The minimum absolute atomic E-state index is 0.0971. The maximum atomic E-state index is 2.48. The molecule has 0 saturated heterocycles. The third-order valence-corrected chi connectivity index (χ3v) is 13.1. The average molecular weight is 682 g/mol. The van der Waals surface area contributed by atoms with Crippen LogP contribution in [0, 0.1) is 0 Å². The van der Waals surface area contributed by atoms with E-state index in [1.807, 2.05) is 11.8 Å². The number of nitrogens with zero attached hydrogens (tertiary/aromatic N) is 1. The Kier molecular flexibility index (Phi) is 6.22. The van der Waals surface area contributed by atoms with Crippen LogP contribution in [0.15, 0.2) is 186 Å². The normalized spacial score (nSPS) is 15.0. The molecule has 0 aromatic heterocycles. The molecule has 0 saturated carbocycles. The van der Waals surface area contributed by atoms with Crippen LogP contribution < -0.4 is 4.90 Å². The fourth-order valence-electron chi connectivity index (χ4n) is 9.72. The Morgan fingerprint density at radius 3 is 1.69 bits per heavy atom. The summed E-state index contributed by atoms with van der Waals surface area (Å²) in [7, 11) is 0. The number of benzene rings is 8. The van der Waals surface area contributed by atoms with Gasteiger partial charge in [-0.2, -0.15) is 0 Å². The number of hydrogen-bond acceptors (Lipinski definition) is 2. The molecule has 0 radical (unpaired) electrons.